The topological polar surface area (TPSA) is 165 Å². The molecule has 0 bridgehead atoms. The fourth-order valence-corrected chi connectivity index (χ4v) is 15.8. The molecule has 23 heteroatoms. The Morgan fingerprint density at radius 1 is 0.449 bits per heavy atom. The molecule has 7 rings (SSSR count). The van der Waals surface area contributed by atoms with Gasteiger partial charge in [-0.2, -0.15) is 12.9 Å². The van der Waals surface area contributed by atoms with Crippen molar-refractivity contribution in [2.75, 3.05) is 95.8 Å². The number of hydrogen-bond acceptors (Lipinski definition) is 10. The lowest BCUT2D eigenvalue weighted by molar-refractivity contribution is -0.0872. The summed E-state index contributed by atoms with van der Waals surface area (Å²) >= 11 is 0. The lowest BCUT2D eigenvalue weighted by Gasteiger charge is -2.52. The number of benzene rings is 1. The first-order valence-corrected chi connectivity index (χ1v) is 29.7. The van der Waals surface area contributed by atoms with Gasteiger partial charge >= 0.3 is 0 Å². The van der Waals surface area contributed by atoms with E-state index in [1.807, 2.05) is 12.1 Å². The quantitative estimate of drug-likeness (QED) is 0.219. The van der Waals surface area contributed by atoms with Crippen molar-refractivity contribution in [2.45, 2.75) is 151 Å². The highest BCUT2D eigenvalue weighted by molar-refractivity contribution is 7.89. The normalized spacial score (nSPS) is 26.7. The number of amides is 1. The van der Waals surface area contributed by atoms with Crippen molar-refractivity contribution in [2.24, 2.45) is 5.73 Å². The SMILES string of the molecule is CCS(=O)(=O)N1CCN(C2(Cc3cc(CC4(N5CCN(S(=O)(=O)CC)CC5)CCC(F)(F)CC4)c(C(N)=O)c(CC4(N5CCN(S(=O)(=O)CC)CC5)CCC(F)(F)CC4)c3)CCC(F)(F)CC2)CC1. The maximum atomic E-state index is 15.2. The summed E-state index contributed by atoms with van der Waals surface area (Å²) in [5.74, 6) is -9.92. The zero-order valence-electron chi connectivity index (χ0n) is 40.5. The molecule has 69 heavy (non-hydrogen) atoms. The lowest BCUT2D eigenvalue weighted by Crippen LogP contribution is -2.61. The van der Waals surface area contributed by atoms with Gasteiger partial charge in [-0.25, -0.2) is 51.6 Å². The van der Waals surface area contributed by atoms with Crippen LogP contribution in [0, 0.1) is 0 Å². The number of nitrogens with zero attached hydrogens (tertiary/aromatic N) is 6. The number of carbonyl (C=O) groups excluding carboxylic acids is 1. The van der Waals surface area contributed by atoms with Gasteiger partial charge in [0.25, 0.3) is 0 Å². The number of sulfonamides is 3. The molecule has 3 saturated carbocycles. The summed E-state index contributed by atoms with van der Waals surface area (Å²) in [7, 11) is -10.6. The predicted molar refractivity (Wildman–Crippen MR) is 252 cm³/mol. The Kier molecular flexibility index (Phi) is 16.1. The van der Waals surface area contributed by atoms with E-state index in [0.717, 1.165) is 0 Å². The summed E-state index contributed by atoms with van der Waals surface area (Å²) in [6.45, 7) is 7.16. The average Bonchev–Trinajstić information content (AvgIpc) is 3.31. The second-order valence-electron chi connectivity index (χ2n) is 20.8. The Hall–Kier alpha value is -2.12. The van der Waals surface area contributed by atoms with Gasteiger partial charge in [-0.15, -0.1) is 0 Å². The van der Waals surface area contributed by atoms with E-state index in [1.165, 1.54) is 12.9 Å². The smallest absolute Gasteiger partial charge is 0.249 e. The van der Waals surface area contributed by atoms with E-state index in [4.69, 9.17) is 5.73 Å². The van der Waals surface area contributed by atoms with Crippen LogP contribution in [0.2, 0.25) is 0 Å². The molecule has 1 amide bonds. The molecule has 394 valence electrons. The minimum Gasteiger partial charge on any atom is -0.366 e. The zero-order chi connectivity index (χ0) is 50.5. The monoisotopic (exact) mass is 1050 g/mol. The Labute approximate surface area is 405 Å². The van der Waals surface area contributed by atoms with Crippen LogP contribution in [0.5, 0.6) is 0 Å². The largest absolute Gasteiger partial charge is 0.366 e. The minimum atomic E-state index is -3.54. The summed E-state index contributed by atoms with van der Waals surface area (Å²) in [6.07, 6.45) is -2.04. The second kappa shape index (κ2) is 20.3. The number of nitrogens with two attached hydrogens (primary N) is 1. The molecular weight excluding hydrogens is 973 g/mol. The van der Waals surface area contributed by atoms with Crippen LogP contribution in [0.25, 0.3) is 0 Å². The fourth-order valence-electron chi connectivity index (χ4n) is 12.6. The first-order valence-electron chi connectivity index (χ1n) is 24.9. The molecule has 6 aliphatic rings. The minimum absolute atomic E-state index is 0.0201. The summed E-state index contributed by atoms with van der Waals surface area (Å²) in [5.41, 5.74) is 5.27. The van der Waals surface area contributed by atoms with E-state index in [9.17, 15) is 30.0 Å². The molecule has 0 aromatic heterocycles. The molecule has 0 atom stereocenters. The van der Waals surface area contributed by atoms with Crippen molar-refractivity contribution in [3.63, 3.8) is 0 Å². The van der Waals surface area contributed by atoms with Crippen LogP contribution in [-0.4, -0.2) is 189 Å². The van der Waals surface area contributed by atoms with Crippen molar-refractivity contribution < 1.29 is 56.4 Å². The van der Waals surface area contributed by atoms with E-state index < -0.39 is 109 Å². The van der Waals surface area contributed by atoms with E-state index in [-0.39, 0.29) is 159 Å². The number of rotatable bonds is 16. The summed E-state index contributed by atoms with van der Waals surface area (Å²) in [5, 5.41) is 0. The molecule has 14 nitrogen and oxygen atoms in total. The maximum Gasteiger partial charge on any atom is 0.249 e. The van der Waals surface area contributed by atoms with Gasteiger partial charge < -0.3 is 5.73 Å². The standard InChI is InChI=1S/C46H73F6N7O7S3/c1-4-67(61,62)57-25-19-54(20-26-57)41(7-13-44(47,48)14-8-41)33-36-31-37(34-42(9-15-45(49,50)16-10-42)55-21-27-58(28-22-55)68(63,64)5-2)39(40(53)60)38(32-36)35-43(11-17-46(51,52)18-12-43)56-23-29-59(30-24-56)69(65,66)6-3/h31-32H,4-30,33-35H2,1-3H3,(H2,53,60). The summed E-state index contributed by atoms with van der Waals surface area (Å²) in [4.78, 5) is 20.4. The average molecular weight is 1050 g/mol. The zero-order valence-corrected chi connectivity index (χ0v) is 42.9. The number of halogens is 6. The molecule has 3 aliphatic carbocycles. The van der Waals surface area contributed by atoms with Gasteiger partial charge in [0.05, 0.1) is 17.3 Å². The van der Waals surface area contributed by atoms with Gasteiger partial charge in [-0.3, -0.25) is 19.5 Å². The molecule has 3 heterocycles. The van der Waals surface area contributed by atoms with Crippen LogP contribution in [-0.2, 0) is 49.3 Å². The van der Waals surface area contributed by atoms with E-state index in [2.05, 4.69) is 14.7 Å². The summed E-state index contributed by atoms with van der Waals surface area (Å²) in [6, 6.07) is 3.66. The van der Waals surface area contributed by atoms with Gasteiger partial charge in [0, 0.05) is 139 Å². The summed E-state index contributed by atoms with van der Waals surface area (Å²) < 4.78 is 173. The molecule has 0 spiro atoms. The van der Waals surface area contributed by atoms with Crippen LogP contribution in [0.3, 0.4) is 0 Å². The highest BCUT2D eigenvalue weighted by Gasteiger charge is 2.52. The maximum absolute atomic E-state index is 15.2. The van der Waals surface area contributed by atoms with Crippen molar-refractivity contribution >= 4 is 36.0 Å². The number of primary amides is 1. The molecule has 0 unspecified atom stereocenters. The fraction of sp³-hybridized carbons (Fsp3) is 0.848. The molecule has 2 N–H and O–H groups in total. The third-order valence-electron chi connectivity index (χ3n) is 16.9. The first-order chi connectivity index (χ1) is 32.1. The van der Waals surface area contributed by atoms with Crippen molar-refractivity contribution in [1.29, 1.82) is 0 Å². The van der Waals surface area contributed by atoms with Gasteiger partial charge in [0.2, 0.25) is 53.7 Å². The van der Waals surface area contributed by atoms with E-state index in [1.54, 1.807) is 20.8 Å². The molecule has 3 aliphatic heterocycles. The third-order valence-corrected chi connectivity index (χ3v) is 22.6. The molecule has 0 radical (unpaired) electrons. The van der Waals surface area contributed by atoms with Gasteiger partial charge in [0.15, 0.2) is 0 Å². The Morgan fingerprint density at radius 3 is 0.928 bits per heavy atom. The van der Waals surface area contributed by atoms with Crippen molar-refractivity contribution in [3.05, 3.63) is 34.4 Å². The Morgan fingerprint density at radius 2 is 0.696 bits per heavy atom. The molecule has 6 fully saturated rings. The lowest BCUT2D eigenvalue weighted by atomic mass is 9.70. The number of carbonyl (C=O) groups is 1. The molecule has 1 aromatic carbocycles. The number of piperazine rings is 3. The van der Waals surface area contributed by atoms with Crippen LogP contribution in [0.4, 0.5) is 26.3 Å². The first kappa shape index (κ1) is 54.6. The van der Waals surface area contributed by atoms with Crippen LogP contribution >= 0.6 is 0 Å². The second-order valence-corrected chi connectivity index (χ2v) is 27.6. The van der Waals surface area contributed by atoms with Crippen molar-refractivity contribution in [1.82, 2.24) is 27.6 Å². The third kappa shape index (κ3) is 12.0. The van der Waals surface area contributed by atoms with Crippen LogP contribution < -0.4 is 5.73 Å². The van der Waals surface area contributed by atoms with E-state index >= 15 is 26.3 Å². The molecule has 3 saturated heterocycles. The van der Waals surface area contributed by atoms with Gasteiger partial charge in [-0.05, 0) is 95.2 Å². The van der Waals surface area contributed by atoms with Crippen LogP contribution in [0.15, 0.2) is 12.1 Å². The van der Waals surface area contributed by atoms with Gasteiger partial charge in [0.1, 0.15) is 0 Å². The highest BCUT2D eigenvalue weighted by atomic mass is 32.2. The predicted octanol–water partition coefficient (Wildman–Crippen LogP) is 5.16. The van der Waals surface area contributed by atoms with Gasteiger partial charge in [-0.1, -0.05) is 12.1 Å². The van der Waals surface area contributed by atoms with E-state index in [0.29, 0.717) is 16.7 Å². The Balaban J connectivity index is 1.34. The highest BCUT2D eigenvalue weighted by Crippen LogP contribution is 2.49. The molecular formula is C46H73F6N7O7S3. The number of alkyl halides is 6. The van der Waals surface area contributed by atoms with Crippen molar-refractivity contribution in [3.8, 4) is 0 Å². The Bertz CT molecular complexity index is 2220. The van der Waals surface area contributed by atoms with Crippen LogP contribution in [0.1, 0.15) is 125 Å². The number of hydrogen-bond donors (Lipinski definition) is 1. The molecule has 1 aromatic rings.